The van der Waals surface area contributed by atoms with E-state index in [0.717, 1.165) is 10.6 Å². The van der Waals surface area contributed by atoms with Crippen LogP contribution >= 0.6 is 23.1 Å². The molecule has 3 rings (SSSR count). The fraction of sp³-hybridized carbons (Fsp3) is 0.267. The number of hydrogen-bond acceptors (Lipinski definition) is 5. The van der Waals surface area contributed by atoms with Gasteiger partial charge in [-0.2, -0.15) is 0 Å². The summed E-state index contributed by atoms with van der Waals surface area (Å²) in [6.07, 6.45) is 0. The first-order chi connectivity index (χ1) is 11.0. The van der Waals surface area contributed by atoms with Crippen LogP contribution < -0.4 is 5.73 Å². The van der Waals surface area contributed by atoms with Crippen LogP contribution in [0.5, 0.6) is 0 Å². The van der Waals surface area contributed by atoms with Crippen molar-refractivity contribution in [3.05, 3.63) is 40.8 Å². The van der Waals surface area contributed by atoms with Crippen LogP contribution in [0.4, 0.5) is 4.39 Å². The number of carbonyl (C=O) groups is 2. The molecular weight excluding hydrogens is 337 g/mol. The minimum Gasteiger partial charge on any atom is -0.367 e. The standard InChI is InChI=1S/C15H14FN3O2S2/c1-8-18-11(12(23-8)9-2-4-10(16)5-3-9)14(21)19-6-7-22-15(19)13(17)20/h2-5,15H,6-7H2,1H3,(H2,17,20). The molecule has 0 saturated carbocycles. The lowest BCUT2D eigenvalue weighted by atomic mass is 10.1. The van der Waals surface area contributed by atoms with E-state index >= 15 is 0 Å². The summed E-state index contributed by atoms with van der Waals surface area (Å²) in [7, 11) is 0. The van der Waals surface area contributed by atoms with Crippen molar-refractivity contribution < 1.29 is 14.0 Å². The highest BCUT2D eigenvalue weighted by molar-refractivity contribution is 8.00. The Labute approximate surface area is 140 Å². The molecule has 0 radical (unpaired) electrons. The van der Waals surface area contributed by atoms with Crippen molar-refractivity contribution in [2.24, 2.45) is 5.73 Å². The summed E-state index contributed by atoms with van der Waals surface area (Å²) < 4.78 is 13.1. The maximum absolute atomic E-state index is 13.1. The molecule has 1 saturated heterocycles. The molecule has 2 N–H and O–H groups in total. The normalized spacial score (nSPS) is 17.5. The number of thiazole rings is 1. The summed E-state index contributed by atoms with van der Waals surface area (Å²) in [6, 6.07) is 5.92. The third kappa shape index (κ3) is 3.09. The number of amides is 2. The van der Waals surface area contributed by atoms with Gasteiger partial charge < -0.3 is 10.6 Å². The number of hydrogen-bond donors (Lipinski definition) is 1. The van der Waals surface area contributed by atoms with Gasteiger partial charge >= 0.3 is 0 Å². The lowest BCUT2D eigenvalue weighted by Crippen LogP contribution is -2.42. The highest BCUT2D eigenvalue weighted by Crippen LogP contribution is 2.33. The number of primary amides is 1. The second kappa shape index (κ2) is 6.29. The topological polar surface area (TPSA) is 76.3 Å². The van der Waals surface area contributed by atoms with Gasteiger partial charge in [0.2, 0.25) is 0 Å². The lowest BCUT2D eigenvalue weighted by molar-refractivity contribution is -0.119. The zero-order valence-corrected chi connectivity index (χ0v) is 13.9. The molecule has 1 aromatic carbocycles. The Bertz CT molecular complexity index is 761. The minimum absolute atomic E-state index is 0.285. The monoisotopic (exact) mass is 351 g/mol. The van der Waals surface area contributed by atoms with E-state index < -0.39 is 11.3 Å². The van der Waals surface area contributed by atoms with E-state index in [2.05, 4.69) is 4.98 Å². The summed E-state index contributed by atoms with van der Waals surface area (Å²) in [4.78, 5) is 30.8. The number of benzene rings is 1. The van der Waals surface area contributed by atoms with Gasteiger partial charge in [0.1, 0.15) is 11.5 Å². The van der Waals surface area contributed by atoms with E-state index in [1.807, 2.05) is 0 Å². The number of thioether (sulfide) groups is 1. The number of nitrogens with zero attached hydrogens (tertiary/aromatic N) is 2. The number of aromatic nitrogens is 1. The van der Waals surface area contributed by atoms with Crippen LogP contribution in [-0.4, -0.2) is 39.4 Å². The van der Waals surface area contributed by atoms with Gasteiger partial charge in [-0.1, -0.05) is 12.1 Å². The molecule has 5 nitrogen and oxygen atoms in total. The first-order valence-corrected chi connectivity index (χ1v) is 8.79. The van der Waals surface area contributed by atoms with Gasteiger partial charge in [-0.25, -0.2) is 9.37 Å². The third-order valence-corrected chi connectivity index (χ3v) is 5.68. The number of rotatable bonds is 3. The largest absolute Gasteiger partial charge is 0.367 e. The van der Waals surface area contributed by atoms with Crippen molar-refractivity contribution in [3.8, 4) is 10.4 Å². The van der Waals surface area contributed by atoms with E-state index in [-0.39, 0.29) is 17.4 Å². The van der Waals surface area contributed by atoms with Crippen LogP contribution in [0.3, 0.4) is 0 Å². The lowest BCUT2D eigenvalue weighted by Gasteiger charge is -2.20. The number of halogens is 1. The first kappa shape index (κ1) is 15.9. The summed E-state index contributed by atoms with van der Waals surface area (Å²) in [6.45, 7) is 2.26. The predicted molar refractivity (Wildman–Crippen MR) is 88.7 cm³/mol. The molecule has 0 bridgehead atoms. The van der Waals surface area contributed by atoms with Gasteiger partial charge in [0.15, 0.2) is 5.37 Å². The third-order valence-electron chi connectivity index (χ3n) is 3.44. The summed E-state index contributed by atoms with van der Waals surface area (Å²) >= 11 is 2.71. The molecule has 1 aliphatic heterocycles. The molecule has 2 amide bonds. The molecule has 1 unspecified atom stereocenters. The van der Waals surface area contributed by atoms with Crippen molar-refractivity contribution in [1.29, 1.82) is 0 Å². The van der Waals surface area contributed by atoms with Crippen molar-refractivity contribution >= 4 is 34.9 Å². The van der Waals surface area contributed by atoms with Gasteiger partial charge in [-0.05, 0) is 24.6 Å². The smallest absolute Gasteiger partial charge is 0.275 e. The molecule has 2 heterocycles. The molecule has 1 aromatic heterocycles. The van der Waals surface area contributed by atoms with E-state index in [1.54, 1.807) is 19.1 Å². The summed E-state index contributed by atoms with van der Waals surface area (Å²) in [5.74, 6) is -0.528. The van der Waals surface area contributed by atoms with E-state index in [9.17, 15) is 14.0 Å². The van der Waals surface area contributed by atoms with E-state index in [1.165, 1.54) is 40.1 Å². The van der Waals surface area contributed by atoms with Crippen molar-refractivity contribution in [1.82, 2.24) is 9.88 Å². The van der Waals surface area contributed by atoms with Crippen LogP contribution in [0.1, 0.15) is 15.5 Å². The highest BCUT2D eigenvalue weighted by Gasteiger charge is 2.36. The molecule has 23 heavy (non-hydrogen) atoms. The van der Waals surface area contributed by atoms with Gasteiger partial charge in [-0.3, -0.25) is 9.59 Å². The number of nitrogens with two attached hydrogens (primary N) is 1. The summed E-state index contributed by atoms with van der Waals surface area (Å²) in [5.41, 5.74) is 6.37. The maximum atomic E-state index is 13.1. The van der Waals surface area contributed by atoms with Crippen molar-refractivity contribution in [3.63, 3.8) is 0 Å². The van der Waals surface area contributed by atoms with Crippen LogP contribution in [0, 0.1) is 12.7 Å². The Morgan fingerprint density at radius 2 is 2.04 bits per heavy atom. The Hall–Kier alpha value is -1.93. The van der Waals surface area contributed by atoms with Gasteiger partial charge in [0, 0.05) is 12.3 Å². The molecule has 120 valence electrons. The molecule has 0 aliphatic carbocycles. The average Bonchev–Trinajstić information content (AvgIpc) is 3.14. The highest BCUT2D eigenvalue weighted by atomic mass is 32.2. The molecule has 2 aromatic rings. The fourth-order valence-electron chi connectivity index (χ4n) is 2.42. The number of aryl methyl sites for hydroxylation is 1. The van der Waals surface area contributed by atoms with Crippen LogP contribution in [-0.2, 0) is 4.79 Å². The van der Waals surface area contributed by atoms with Gasteiger partial charge in [-0.15, -0.1) is 23.1 Å². The quantitative estimate of drug-likeness (QED) is 0.920. The Morgan fingerprint density at radius 3 is 2.70 bits per heavy atom. The first-order valence-electron chi connectivity index (χ1n) is 6.92. The fourth-order valence-corrected chi connectivity index (χ4v) is 4.41. The van der Waals surface area contributed by atoms with Gasteiger partial charge in [0.25, 0.3) is 11.8 Å². The average molecular weight is 351 g/mol. The van der Waals surface area contributed by atoms with Crippen LogP contribution in [0.2, 0.25) is 0 Å². The minimum atomic E-state index is -0.662. The SMILES string of the molecule is Cc1nc(C(=O)N2CCSC2C(N)=O)c(-c2ccc(F)cc2)s1. The van der Waals surface area contributed by atoms with Crippen molar-refractivity contribution in [2.45, 2.75) is 12.3 Å². The Balaban J connectivity index is 1.98. The van der Waals surface area contributed by atoms with Crippen LogP contribution in [0.25, 0.3) is 10.4 Å². The second-order valence-corrected chi connectivity index (χ2v) is 7.43. The predicted octanol–water partition coefficient (Wildman–Crippen LogP) is 2.26. The van der Waals surface area contributed by atoms with E-state index in [4.69, 9.17) is 5.73 Å². The Morgan fingerprint density at radius 1 is 1.35 bits per heavy atom. The molecule has 1 fully saturated rings. The summed E-state index contributed by atoms with van der Waals surface area (Å²) in [5, 5.41) is 0.0701. The number of carbonyl (C=O) groups excluding carboxylic acids is 2. The van der Waals surface area contributed by atoms with Gasteiger partial charge in [0.05, 0.1) is 9.88 Å². The molecule has 1 atom stereocenters. The molecule has 0 spiro atoms. The zero-order valence-electron chi connectivity index (χ0n) is 12.3. The zero-order chi connectivity index (χ0) is 16.6. The molecular formula is C15H14FN3O2S2. The van der Waals surface area contributed by atoms with E-state index in [0.29, 0.717) is 17.2 Å². The molecule has 1 aliphatic rings. The Kier molecular flexibility index (Phi) is 4.36. The van der Waals surface area contributed by atoms with Crippen LogP contribution in [0.15, 0.2) is 24.3 Å². The molecule has 8 heteroatoms. The van der Waals surface area contributed by atoms with Crippen molar-refractivity contribution in [2.75, 3.05) is 12.3 Å². The second-order valence-electron chi connectivity index (χ2n) is 5.04. The maximum Gasteiger partial charge on any atom is 0.275 e.